The van der Waals surface area contributed by atoms with Gasteiger partial charge < -0.3 is 9.32 Å². The molecule has 0 unspecified atom stereocenters. The zero-order chi connectivity index (χ0) is 14.7. The highest BCUT2D eigenvalue weighted by Crippen LogP contribution is 2.16. The summed E-state index contributed by atoms with van der Waals surface area (Å²) in [5.41, 5.74) is 0. The first-order valence-electron chi connectivity index (χ1n) is 6.97. The van der Waals surface area contributed by atoms with Crippen molar-refractivity contribution < 1.29 is 9.21 Å². The minimum atomic E-state index is -0.0348. The van der Waals surface area contributed by atoms with Crippen LogP contribution in [0.5, 0.6) is 0 Å². The second-order valence-corrected chi connectivity index (χ2v) is 5.79. The van der Waals surface area contributed by atoms with E-state index in [2.05, 4.69) is 25.9 Å². The average molecular weight is 353 g/mol. The number of nitrogens with zero attached hydrogens (tertiary/aromatic N) is 4. The van der Waals surface area contributed by atoms with Gasteiger partial charge in [-0.2, -0.15) is 5.10 Å². The van der Waals surface area contributed by atoms with E-state index >= 15 is 0 Å². The summed E-state index contributed by atoms with van der Waals surface area (Å²) in [6.07, 6.45) is 3.76. The number of halogens is 1. The van der Waals surface area contributed by atoms with Crippen molar-refractivity contribution in [3.63, 3.8) is 0 Å². The van der Waals surface area contributed by atoms with Crippen molar-refractivity contribution >= 4 is 21.8 Å². The van der Waals surface area contributed by atoms with Gasteiger partial charge in [0.15, 0.2) is 10.4 Å². The minimum Gasteiger partial charge on any atom is -0.444 e. The van der Waals surface area contributed by atoms with E-state index in [0.29, 0.717) is 10.4 Å². The van der Waals surface area contributed by atoms with Crippen LogP contribution >= 0.6 is 15.9 Å². The Balaban J connectivity index is 1.47. The topological polar surface area (TPSA) is 54.5 Å². The monoisotopic (exact) mass is 352 g/mol. The molecule has 3 rings (SSSR count). The normalized spacial score (nSPS) is 16.3. The lowest BCUT2D eigenvalue weighted by atomic mass is 10.3. The maximum atomic E-state index is 12.2. The van der Waals surface area contributed by atoms with Crippen LogP contribution in [-0.4, -0.2) is 58.2 Å². The number of rotatable bonds is 4. The highest BCUT2D eigenvalue weighted by Gasteiger charge is 2.23. The molecule has 0 saturated carbocycles. The molecular formula is C14H17BrN4O2. The van der Waals surface area contributed by atoms with Gasteiger partial charge in [0.25, 0.3) is 5.91 Å². The number of amides is 1. The summed E-state index contributed by atoms with van der Waals surface area (Å²) in [7, 11) is 0. The molecule has 0 atom stereocenters. The van der Waals surface area contributed by atoms with E-state index in [-0.39, 0.29) is 5.91 Å². The standard InChI is InChI=1S/C14H17BrN4O2/c15-13-3-2-12(21-13)14(20)18-9-6-17(7-10-18)8-11-19-5-1-4-16-19/h1-5H,6-11H2. The van der Waals surface area contributed by atoms with Gasteiger partial charge in [0, 0.05) is 45.1 Å². The van der Waals surface area contributed by atoms with Crippen LogP contribution < -0.4 is 0 Å². The molecule has 1 amide bonds. The Labute approximate surface area is 131 Å². The fourth-order valence-corrected chi connectivity index (χ4v) is 2.74. The number of hydrogen-bond acceptors (Lipinski definition) is 4. The third kappa shape index (κ3) is 3.54. The van der Waals surface area contributed by atoms with E-state index in [9.17, 15) is 4.79 Å². The molecule has 0 aromatic carbocycles. The maximum Gasteiger partial charge on any atom is 0.289 e. The van der Waals surface area contributed by atoms with Gasteiger partial charge in [-0.25, -0.2) is 0 Å². The van der Waals surface area contributed by atoms with Crippen LogP contribution in [0.4, 0.5) is 0 Å². The zero-order valence-corrected chi connectivity index (χ0v) is 13.2. The number of hydrogen-bond donors (Lipinski definition) is 0. The fraction of sp³-hybridized carbons (Fsp3) is 0.429. The quantitative estimate of drug-likeness (QED) is 0.840. The van der Waals surface area contributed by atoms with Crippen molar-refractivity contribution in [3.05, 3.63) is 41.0 Å². The number of carbonyl (C=O) groups excluding carboxylic acids is 1. The Kier molecular flexibility index (Phi) is 4.40. The Morgan fingerprint density at radius 3 is 2.67 bits per heavy atom. The van der Waals surface area contributed by atoms with E-state index in [1.165, 1.54) is 0 Å². The van der Waals surface area contributed by atoms with Gasteiger partial charge in [0.1, 0.15) is 0 Å². The molecule has 21 heavy (non-hydrogen) atoms. The van der Waals surface area contributed by atoms with Gasteiger partial charge in [-0.1, -0.05) is 0 Å². The lowest BCUT2D eigenvalue weighted by Crippen LogP contribution is -2.49. The van der Waals surface area contributed by atoms with E-state index < -0.39 is 0 Å². The summed E-state index contributed by atoms with van der Waals surface area (Å²) in [5, 5.41) is 4.19. The largest absolute Gasteiger partial charge is 0.444 e. The number of furan rings is 1. The van der Waals surface area contributed by atoms with Crippen LogP contribution in [0.25, 0.3) is 0 Å². The molecule has 2 aromatic rings. The van der Waals surface area contributed by atoms with Crippen molar-refractivity contribution in [1.82, 2.24) is 19.6 Å². The molecule has 3 heterocycles. The Hall–Kier alpha value is -1.60. The summed E-state index contributed by atoms with van der Waals surface area (Å²) >= 11 is 3.22. The van der Waals surface area contributed by atoms with Crippen molar-refractivity contribution in [2.45, 2.75) is 6.54 Å². The van der Waals surface area contributed by atoms with Crippen molar-refractivity contribution in [3.8, 4) is 0 Å². The lowest BCUT2D eigenvalue weighted by molar-refractivity contribution is 0.0600. The Morgan fingerprint density at radius 1 is 1.24 bits per heavy atom. The fourth-order valence-electron chi connectivity index (χ4n) is 2.44. The molecule has 112 valence electrons. The van der Waals surface area contributed by atoms with E-state index in [1.807, 2.05) is 21.8 Å². The van der Waals surface area contributed by atoms with E-state index in [0.717, 1.165) is 39.3 Å². The molecule has 7 heteroatoms. The van der Waals surface area contributed by atoms with E-state index in [1.54, 1.807) is 18.3 Å². The molecule has 1 fully saturated rings. The molecule has 1 aliphatic heterocycles. The highest BCUT2D eigenvalue weighted by molar-refractivity contribution is 9.10. The third-order valence-corrected chi connectivity index (χ3v) is 4.07. The number of carbonyl (C=O) groups is 1. The number of aromatic nitrogens is 2. The minimum absolute atomic E-state index is 0.0348. The van der Waals surface area contributed by atoms with Gasteiger partial charge in [-0.3, -0.25) is 14.4 Å². The lowest BCUT2D eigenvalue weighted by Gasteiger charge is -2.34. The van der Waals surface area contributed by atoms with Gasteiger partial charge in [0.2, 0.25) is 0 Å². The van der Waals surface area contributed by atoms with Gasteiger partial charge in [-0.05, 0) is 34.1 Å². The molecule has 6 nitrogen and oxygen atoms in total. The molecule has 0 spiro atoms. The highest BCUT2D eigenvalue weighted by atomic mass is 79.9. The molecule has 1 aliphatic rings. The third-order valence-electron chi connectivity index (χ3n) is 3.65. The summed E-state index contributed by atoms with van der Waals surface area (Å²) in [6.45, 7) is 5.07. The first-order valence-corrected chi connectivity index (χ1v) is 7.76. The molecular weight excluding hydrogens is 336 g/mol. The number of piperazine rings is 1. The van der Waals surface area contributed by atoms with Crippen LogP contribution in [-0.2, 0) is 6.54 Å². The summed E-state index contributed by atoms with van der Waals surface area (Å²) in [4.78, 5) is 16.4. The average Bonchev–Trinajstić information content (AvgIpc) is 3.16. The molecule has 0 N–H and O–H groups in total. The zero-order valence-electron chi connectivity index (χ0n) is 11.6. The van der Waals surface area contributed by atoms with Crippen LogP contribution in [0.15, 0.2) is 39.7 Å². The van der Waals surface area contributed by atoms with Crippen LogP contribution in [0.1, 0.15) is 10.6 Å². The second-order valence-electron chi connectivity index (χ2n) is 5.01. The molecule has 1 saturated heterocycles. The summed E-state index contributed by atoms with van der Waals surface area (Å²) in [5.74, 6) is 0.360. The first kappa shape index (κ1) is 14.3. The summed E-state index contributed by atoms with van der Waals surface area (Å²) < 4.78 is 7.84. The van der Waals surface area contributed by atoms with Crippen LogP contribution in [0, 0.1) is 0 Å². The Morgan fingerprint density at radius 2 is 2.05 bits per heavy atom. The van der Waals surface area contributed by atoms with Gasteiger partial charge in [0.05, 0.1) is 6.54 Å². The molecule has 0 bridgehead atoms. The molecule has 0 aliphatic carbocycles. The van der Waals surface area contributed by atoms with Crippen molar-refractivity contribution in [2.75, 3.05) is 32.7 Å². The van der Waals surface area contributed by atoms with Crippen molar-refractivity contribution in [1.29, 1.82) is 0 Å². The van der Waals surface area contributed by atoms with Gasteiger partial charge in [-0.15, -0.1) is 0 Å². The van der Waals surface area contributed by atoms with E-state index in [4.69, 9.17) is 4.42 Å². The smallest absolute Gasteiger partial charge is 0.289 e. The van der Waals surface area contributed by atoms with Crippen molar-refractivity contribution in [2.24, 2.45) is 0 Å². The van der Waals surface area contributed by atoms with Crippen LogP contribution in [0.2, 0.25) is 0 Å². The van der Waals surface area contributed by atoms with Crippen LogP contribution in [0.3, 0.4) is 0 Å². The van der Waals surface area contributed by atoms with Gasteiger partial charge >= 0.3 is 0 Å². The first-order chi connectivity index (χ1) is 10.2. The molecule has 0 radical (unpaired) electrons. The maximum absolute atomic E-state index is 12.2. The molecule has 2 aromatic heterocycles. The Bertz CT molecular complexity index is 588. The predicted octanol–water partition coefficient (Wildman–Crippen LogP) is 1.70. The SMILES string of the molecule is O=C(c1ccc(Br)o1)N1CCN(CCn2cccn2)CC1. The predicted molar refractivity (Wildman–Crippen MR) is 81.0 cm³/mol. The second kappa shape index (κ2) is 6.44. The summed E-state index contributed by atoms with van der Waals surface area (Å²) in [6, 6.07) is 5.38.